The van der Waals surface area contributed by atoms with Gasteiger partial charge in [0.25, 0.3) is 5.91 Å². The molecule has 2 aromatic rings. The number of aliphatic hydroxyl groups is 1. The second-order valence-corrected chi connectivity index (χ2v) is 5.99. The lowest BCUT2D eigenvalue weighted by molar-refractivity contribution is -0.131. The van der Waals surface area contributed by atoms with Gasteiger partial charge in [0.1, 0.15) is 5.54 Å². The number of benzene rings is 2. The first kappa shape index (κ1) is 16.0. The predicted octanol–water partition coefficient (Wildman–Crippen LogP) is 1.51. The molecule has 5 N–H and O–H groups in total. The van der Waals surface area contributed by atoms with Crippen LogP contribution in [0.25, 0.3) is 11.1 Å². The van der Waals surface area contributed by atoms with E-state index in [4.69, 9.17) is 16.2 Å². The number of hydrogen-bond donors (Lipinski definition) is 4. The molecule has 124 valence electrons. The smallest absolute Gasteiger partial charge is 0.259 e. The number of hydrogen-bond acceptors (Lipinski definition) is 4. The van der Waals surface area contributed by atoms with Gasteiger partial charge in [0.05, 0.1) is 13.2 Å². The molecule has 6 heteroatoms. The van der Waals surface area contributed by atoms with Crippen LogP contribution < -0.4 is 11.1 Å². The molecule has 1 unspecified atom stereocenters. The second kappa shape index (κ2) is 5.98. The number of nitrogens with one attached hydrogen (secondary N) is 2. The fourth-order valence-corrected chi connectivity index (χ4v) is 2.97. The first-order chi connectivity index (χ1) is 11.5. The van der Waals surface area contributed by atoms with Gasteiger partial charge in [-0.25, -0.2) is 0 Å². The number of amides is 1. The summed E-state index contributed by atoms with van der Waals surface area (Å²) in [5.41, 5.74) is 8.17. The van der Waals surface area contributed by atoms with E-state index in [1.54, 1.807) is 6.92 Å². The van der Waals surface area contributed by atoms with E-state index in [2.05, 4.69) is 5.32 Å². The highest BCUT2D eigenvalue weighted by atomic mass is 16.3. The topological polar surface area (TPSA) is 102 Å². The minimum Gasteiger partial charge on any atom is -0.399 e. The summed E-state index contributed by atoms with van der Waals surface area (Å²) in [6.45, 7) is 1.67. The van der Waals surface area contributed by atoms with Gasteiger partial charge >= 0.3 is 0 Å². The molecule has 1 aliphatic rings. The molecule has 1 saturated heterocycles. The Morgan fingerprint density at radius 3 is 2.54 bits per heavy atom. The van der Waals surface area contributed by atoms with Crippen molar-refractivity contribution in [1.82, 2.24) is 10.2 Å². The fourth-order valence-electron chi connectivity index (χ4n) is 2.97. The van der Waals surface area contributed by atoms with Crippen LogP contribution in [0, 0.1) is 5.41 Å². The van der Waals surface area contributed by atoms with Crippen molar-refractivity contribution in [1.29, 1.82) is 5.41 Å². The zero-order valence-corrected chi connectivity index (χ0v) is 13.4. The van der Waals surface area contributed by atoms with Gasteiger partial charge in [-0.15, -0.1) is 0 Å². The van der Waals surface area contributed by atoms with Gasteiger partial charge in [-0.05, 0) is 41.8 Å². The molecular weight excluding hydrogens is 304 g/mol. The maximum Gasteiger partial charge on any atom is 0.259 e. The highest BCUT2D eigenvalue weighted by Gasteiger charge is 2.46. The van der Waals surface area contributed by atoms with Gasteiger partial charge in [0, 0.05) is 5.69 Å². The van der Waals surface area contributed by atoms with Crippen molar-refractivity contribution in [3.05, 3.63) is 54.1 Å². The molecule has 0 bridgehead atoms. The van der Waals surface area contributed by atoms with Crippen molar-refractivity contribution in [2.24, 2.45) is 0 Å². The van der Waals surface area contributed by atoms with Gasteiger partial charge in [-0.1, -0.05) is 30.3 Å². The number of rotatable bonds is 4. The minimum atomic E-state index is -1.03. The van der Waals surface area contributed by atoms with Crippen LogP contribution in [0.5, 0.6) is 0 Å². The zero-order chi connectivity index (χ0) is 17.3. The summed E-state index contributed by atoms with van der Waals surface area (Å²) in [5, 5.41) is 20.0. The normalized spacial score (nSPS) is 20.3. The van der Waals surface area contributed by atoms with Crippen molar-refractivity contribution >= 4 is 17.6 Å². The van der Waals surface area contributed by atoms with Crippen molar-refractivity contribution < 1.29 is 9.90 Å². The third kappa shape index (κ3) is 2.61. The largest absolute Gasteiger partial charge is 0.399 e. The number of nitrogens with two attached hydrogens (primary N) is 1. The lowest BCUT2D eigenvalue weighted by Gasteiger charge is -2.23. The number of aliphatic hydroxyl groups excluding tert-OH is 1. The number of β-amino-alcohol motifs (C(OH)–C–C–N with tert-alkyl or cyclic N) is 1. The van der Waals surface area contributed by atoms with Crippen LogP contribution in [0.1, 0.15) is 12.5 Å². The molecule has 0 saturated carbocycles. The Labute approximate surface area is 140 Å². The number of nitrogens with zero attached hydrogens (tertiary/aromatic N) is 1. The van der Waals surface area contributed by atoms with E-state index >= 15 is 0 Å². The van der Waals surface area contributed by atoms with E-state index in [1.807, 2.05) is 48.5 Å². The van der Waals surface area contributed by atoms with E-state index in [9.17, 15) is 4.79 Å². The van der Waals surface area contributed by atoms with E-state index in [-0.39, 0.29) is 25.0 Å². The minimum absolute atomic E-state index is 0.00547. The predicted molar refractivity (Wildman–Crippen MR) is 93.3 cm³/mol. The quantitative estimate of drug-likeness (QED) is 0.640. The SMILES string of the molecule is CC1(c2cccc(-c3cccc(N)c3)c2)NC(=N)N(CCO)C1=O. The van der Waals surface area contributed by atoms with Gasteiger partial charge in [0.2, 0.25) is 0 Å². The van der Waals surface area contributed by atoms with Crippen LogP contribution >= 0.6 is 0 Å². The van der Waals surface area contributed by atoms with Gasteiger partial charge in [-0.2, -0.15) is 0 Å². The number of anilines is 1. The highest BCUT2D eigenvalue weighted by Crippen LogP contribution is 2.31. The highest BCUT2D eigenvalue weighted by molar-refractivity contribution is 6.08. The molecule has 2 aromatic carbocycles. The van der Waals surface area contributed by atoms with Crippen LogP contribution in [0.2, 0.25) is 0 Å². The summed E-state index contributed by atoms with van der Waals surface area (Å²) in [4.78, 5) is 14.0. The van der Waals surface area contributed by atoms with E-state index in [0.717, 1.165) is 16.7 Å². The van der Waals surface area contributed by atoms with Crippen molar-refractivity contribution in [2.45, 2.75) is 12.5 Å². The molecule has 0 radical (unpaired) electrons. The third-order valence-corrected chi connectivity index (χ3v) is 4.29. The molecule has 1 fully saturated rings. The number of nitrogen functional groups attached to an aromatic ring is 1. The van der Waals surface area contributed by atoms with Gasteiger partial charge < -0.3 is 16.2 Å². The molecule has 1 amide bonds. The summed E-state index contributed by atoms with van der Waals surface area (Å²) < 4.78 is 0. The van der Waals surface area contributed by atoms with E-state index in [1.165, 1.54) is 4.90 Å². The molecule has 1 heterocycles. The van der Waals surface area contributed by atoms with Crippen LogP contribution in [0.15, 0.2) is 48.5 Å². The molecule has 3 rings (SSSR count). The molecule has 6 nitrogen and oxygen atoms in total. The monoisotopic (exact) mass is 324 g/mol. The van der Waals surface area contributed by atoms with Crippen LogP contribution in [-0.2, 0) is 10.3 Å². The average Bonchev–Trinajstić information content (AvgIpc) is 2.80. The van der Waals surface area contributed by atoms with Crippen LogP contribution in [0.3, 0.4) is 0 Å². The molecule has 0 spiro atoms. The van der Waals surface area contributed by atoms with Crippen molar-refractivity contribution in [3.8, 4) is 11.1 Å². The Morgan fingerprint density at radius 1 is 1.21 bits per heavy atom. The van der Waals surface area contributed by atoms with Gasteiger partial charge in [-0.3, -0.25) is 15.1 Å². The first-order valence-electron chi connectivity index (χ1n) is 7.72. The Bertz CT molecular complexity index is 805. The Kier molecular flexibility index (Phi) is 3.99. The standard InChI is InChI=1S/C18H20N4O2/c1-18(16(24)22(8-9-23)17(20)21-18)14-6-2-4-12(10-14)13-5-3-7-15(19)11-13/h2-7,10-11,23H,8-9,19H2,1H3,(H2,20,21). The maximum atomic E-state index is 12.7. The van der Waals surface area contributed by atoms with Crippen molar-refractivity contribution in [2.75, 3.05) is 18.9 Å². The molecule has 24 heavy (non-hydrogen) atoms. The van der Waals surface area contributed by atoms with Gasteiger partial charge in [0.15, 0.2) is 5.96 Å². The molecule has 0 aliphatic carbocycles. The Hall–Kier alpha value is -2.86. The summed E-state index contributed by atoms with van der Waals surface area (Å²) in [5.74, 6) is -0.239. The third-order valence-electron chi connectivity index (χ3n) is 4.29. The first-order valence-corrected chi connectivity index (χ1v) is 7.72. The van der Waals surface area contributed by atoms with E-state index < -0.39 is 5.54 Å². The molecule has 0 aromatic heterocycles. The van der Waals surface area contributed by atoms with Crippen LogP contribution in [0.4, 0.5) is 5.69 Å². The number of carbonyl (C=O) groups excluding carboxylic acids is 1. The van der Waals surface area contributed by atoms with E-state index in [0.29, 0.717) is 5.69 Å². The molecular formula is C18H20N4O2. The lowest BCUT2D eigenvalue weighted by Crippen LogP contribution is -2.41. The Balaban J connectivity index is 2.00. The zero-order valence-electron chi connectivity index (χ0n) is 13.4. The summed E-state index contributed by atoms with van der Waals surface area (Å²) >= 11 is 0. The van der Waals surface area contributed by atoms with Crippen LogP contribution in [-0.4, -0.2) is 35.0 Å². The second-order valence-electron chi connectivity index (χ2n) is 5.99. The fraction of sp³-hybridized carbons (Fsp3) is 0.222. The molecule has 1 aliphatic heterocycles. The Morgan fingerprint density at radius 2 is 1.88 bits per heavy atom. The summed E-state index contributed by atoms with van der Waals surface area (Å²) in [7, 11) is 0. The summed E-state index contributed by atoms with van der Waals surface area (Å²) in [6.07, 6.45) is 0. The summed E-state index contributed by atoms with van der Waals surface area (Å²) in [6, 6.07) is 15.2. The average molecular weight is 324 g/mol. The number of guanidine groups is 1. The van der Waals surface area contributed by atoms with Crippen molar-refractivity contribution in [3.63, 3.8) is 0 Å². The molecule has 1 atom stereocenters. The lowest BCUT2D eigenvalue weighted by atomic mass is 9.89. The number of carbonyl (C=O) groups is 1. The maximum absolute atomic E-state index is 12.7.